The first-order chi connectivity index (χ1) is 8.24. The molecule has 1 N–H and O–H groups in total. The van der Waals surface area contributed by atoms with Crippen molar-refractivity contribution in [3.8, 4) is 0 Å². The third-order valence-electron chi connectivity index (χ3n) is 2.77. The average molecular weight is 254 g/mol. The number of rotatable bonds is 4. The normalized spacial score (nSPS) is 20.2. The fourth-order valence-corrected chi connectivity index (χ4v) is 2.03. The summed E-state index contributed by atoms with van der Waals surface area (Å²) < 4.78 is 5.50. The maximum atomic E-state index is 11.8. The van der Waals surface area contributed by atoms with Crippen molar-refractivity contribution in [2.75, 3.05) is 19.7 Å². The zero-order chi connectivity index (χ0) is 12.1. The maximum Gasteiger partial charge on any atom is 0.139 e. The first kappa shape index (κ1) is 12.6. The number of nitrogens with one attached hydrogen (secondary N) is 1. The molecule has 17 heavy (non-hydrogen) atoms. The summed E-state index contributed by atoms with van der Waals surface area (Å²) in [4.78, 5) is 11.8. The van der Waals surface area contributed by atoms with E-state index in [2.05, 4.69) is 5.32 Å². The Bertz CT molecular complexity index is 372. The number of ether oxygens (including phenoxy) is 1. The van der Waals surface area contributed by atoms with E-state index in [0.29, 0.717) is 24.5 Å². The molecule has 1 saturated heterocycles. The van der Waals surface area contributed by atoms with Crippen molar-refractivity contribution in [3.63, 3.8) is 0 Å². The van der Waals surface area contributed by atoms with Gasteiger partial charge in [-0.1, -0.05) is 23.7 Å². The summed E-state index contributed by atoms with van der Waals surface area (Å²) in [5.41, 5.74) is 1.00. The molecule has 1 heterocycles. The standard InChI is InChI=1S/C13H16ClNO2/c14-11-3-1-10(2-4-11)7-12(16)8-13-9-15-5-6-17-13/h1-4,13,15H,5-9H2. The number of benzene rings is 1. The van der Waals surface area contributed by atoms with Crippen molar-refractivity contribution in [2.24, 2.45) is 0 Å². The first-order valence-corrected chi connectivity index (χ1v) is 6.20. The lowest BCUT2D eigenvalue weighted by molar-refractivity contribution is -0.121. The Balaban J connectivity index is 1.82. The minimum Gasteiger partial charge on any atom is -0.375 e. The summed E-state index contributed by atoms with van der Waals surface area (Å²) in [5.74, 6) is 0.209. The highest BCUT2D eigenvalue weighted by molar-refractivity contribution is 6.30. The first-order valence-electron chi connectivity index (χ1n) is 5.82. The quantitative estimate of drug-likeness (QED) is 0.890. The van der Waals surface area contributed by atoms with Crippen molar-refractivity contribution in [3.05, 3.63) is 34.9 Å². The van der Waals surface area contributed by atoms with Gasteiger partial charge in [-0.15, -0.1) is 0 Å². The van der Waals surface area contributed by atoms with Gasteiger partial charge in [0.05, 0.1) is 12.7 Å². The van der Waals surface area contributed by atoms with Crippen LogP contribution in [0.5, 0.6) is 0 Å². The second-order valence-electron chi connectivity index (χ2n) is 4.24. The van der Waals surface area contributed by atoms with E-state index < -0.39 is 0 Å². The number of Topliss-reactive ketones (excluding diaryl/α,β-unsaturated/α-hetero) is 1. The Morgan fingerprint density at radius 2 is 2.18 bits per heavy atom. The van der Waals surface area contributed by atoms with Gasteiger partial charge in [-0.25, -0.2) is 0 Å². The van der Waals surface area contributed by atoms with E-state index in [0.717, 1.165) is 18.7 Å². The molecule has 3 nitrogen and oxygen atoms in total. The average Bonchev–Trinajstić information content (AvgIpc) is 2.33. The zero-order valence-corrected chi connectivity index (χ0v) is 10.4. The van der Waals surface area contributed by atoms with Crippen LogP contribution in [0.1, 0.15) is 12.0 Å². The topological polar surface area (TPSA) is 38.3 Å². The highest BCUT2D eigenvalue weighted by Gasteiger charge is 2.17. The van der Waals surface area contributed by atoms with Gasteiger partial charge in [-0.3, -0.25) is 4.79 Å². The van der Waals surface area contributed by atoms with Gasteiger partial charge >= 0.3 is 0 Å². The molecule has 1 aliphatic rings. The SMILES string of the molecule is O=C(Cc1ccc(Cl)cc1)CC1CNCCO1. The Morgan fingerprint density at radius 3 is 2.82 bits per heavy atom. The minimum absolute atomic E-state index is 0.0311. The van der Waals surface area contributed by atoms with Gasteiger partial charge < -0.3 is 10.1 Å². The molecule has 0 aliphatic carbocycles. The van der Waals surface area contributed by atoms with E-state index in [9.17, 15) is 4.79 Å². The summed E-state index contributed by atoms with van der Waals surface area (Å²) in [6.45, 7) is 2.34. The molecule has 1 aromatic carbocycles. The van der Waals surface area contributed by atoms with E-state index in [1.165, 1.54) is 0 Å². The molecule has 2 rings (SSSR count). The molecular formula is C13H16ClNO2. The summed E-state index contributed by atoms with van der Waals surface area (Å²) in [6.07, 6.45) is 0.968. The summed E-state index contributed by atoms with van der Waals surface area (Å²) >= 11 is 5.79. The molecule has 0 bridgehead atoms. The van der Waals surface area contributed by atoms with Crippen LogP contribution in [0.2, 0.25) is 5.02 Å². The predicted octanol–water partition coefficient (Wildman–Crippen LogP) is 1.83. The third kappa shape index (κ3) is 4.11. The summed E-state index contributed by atoms with van der Waals surface area (Å²) in [7, 11) is 0. The molecule has 4 heteroatoms. The van der Waals surface area contributed by atoms with Gasteiger partial charge in [0, 0.05) is 31.0 Å². The van der Waals surface area contributed by atoms with Crippen molar-refractivity contribution >= 4 is 17.4 Å². The Kier molecular flexibility index (Phi) is 4.54. The lowest BCUT2D eigenvalue weighted by Gasteiger charge is -2.22. The summed E-state index contributed by atoms with van der Waals surface area (Å²) in [6, 6.07) is 7.39. The largest absolute Gasteiger partial charge is 0.375 e. The molecule has 1 unspecified atom stereocenters. The smallest absolute Gasteiger partial charge is 0.139 e. The summed E-state index contributed by atoms with van der Waals surface area (Å²) in [5, 5.41) is 3.91. The van der Waals surface area contributed by atoms with Crippen LogP contribution >= 0.6 is 11.6 Å². The fourth-order valence-electron chi connectivity index (χ4n) is 1.91. The predicted molar refractivity (Wildman–Crippen MR) is 67.4 cm³/mol. The van der Waals surface area contributed by atoms with E-state index in [-0.39, 0.29) is 11.9 Å². The highest BCUT2D eigenvalue weighted by Crippen LogP contribution is 2.12. The molecule has 0 amide bonds. The van der Waals surface area contributed by atoms with Crippen molar-refractivity contribution in [1.29, 1.82) is 0 Å². The minimum atomic E-state index is 0.0311. The number of ketones is 1. The maximum absolute atomic E-state index is 11.8. The number of carbonyl (C=O) groups excluding carboxylic acids is 1. The van der Waals surface area contributed by atoms with Crippen LogP contribution in [-0.2, 0) is 16.0 Å². The van der Waals surface area contributed by atoms with Crippen LogP contribution < -0.4 is 5.32 Å². The van der Waals surface area contributed by atoms with Gasteiger partial charge in [-0.2, -0.15) is 0 Å². The fraction of sp³-hybridized carbons (Fsp3) is 0.462. The monoisotopic (exact) mass is 253 g/mol. The number of morpholine rings is 1. The van der Waals surface area contributed by atoms with Crippen LogP contribution in [-0.4, -0.2) is 31.6 Å². The van der Waals surface area contributed by atoms with E-state index in [1.807, 2.05) is 24.3 Å². The molecular weight excluding hydrogens is 238 g/mol. The molecule has 0 saturated carbocycles. The van der Waals surface area contributed by atoms with Crippen molar-refractivity contribution in [2.45, 2.75) is 18.9 Å². The lowest BCUT2D eigenvalue weighted by atomic mass is 10.0. The second kappa shape index (κ2) is 6.15. The number of hydrogen-bond donors (Lipinski definition) is 1. The van der Waals surface area contributed by atoms with Crippen LogP contribution in [0, 0.1) is 0 Å². The molecule has 1 fully saturated rings. The van der Waals surface area contributed by atoms with Crippen LogP contribution in [0.3, 0.4) is 0 Å². The molecule has 0 radical (unpaired) electrons. The van der Waals surface area contributed by atoms with E-state index >= 15 is 0 Å². The molecule has 1 aromatic rings. The molecule has 92 valence electrons. The van der Waals surface area contributed by atoms with Gasteiger partial charge in [0.2, 0.25) is 0 Å². The van der Waals surface area contributed by atoms with Gasteiger partial charge in [-0.05, 0) is 17.7 Å². The molecule has 1 atom stereocenters. The number of hydrogen-bond acceptors (Lipinski definition) is 3. The van der Waals surface area contributed by atoms with Gasteiger partial charge in [0.15, 0.2) is 0 Å². The molecule has 0 aromatic heterocycles. The molecule has 0 spiro atoms. The Labute approximate surface area is 106 Å². The van der Waals surface area contributed by atoms with Crippen LogP contribution in [0.4, 0.5) is 0 Å². The number of halogens is 1. The van der Waals surface area contributed by atoms with Gasteiger partial charge in [0.1, 0.15) is 5.78 Å². The van der Waals surface area contributed by atoms with E-state index in [1.54, 1.807) is 0 Å². The highest BCUT2D eigenvalue weighted by atomic mass is 35.5. The molecule has 1 aliphatic heterocycles. The van der Waals surface area contributed by atoms with Crippen molar-refractivity contribution in [1.82, 2.24) is 5.32 Å². The van der Waals surface area contributed by atoms with Crippen LogP contribution in [0.25, 0.3) is 0 Å². The Hall–Kier alpha value is -0.900. The lowest BCUT2D eigenvalue weighted by Crippen LogP contribution is -2.39. The third-order valence-corrected chi connectivity index (χ3v) is 3.03. The van der Waals surface area contributed by atoms with Gasteiger partial charge in [0.25, 0.3) is 0 Å². The second-order valence-corrected chi connectivity index (χ2v) is 4.68. The van der Waals surface area contributed by atoms with Crippen LogP contribution in [0.15, 0.2) is 24.3 Å². The zero-order valence-electron chi connectivity index (χ0n) is 9.62. The van der Waals surface area contributed by atoms with E-state index in [4.69, 9.17) is 16.3 Å². The van der Waals surface area contributed by atoms with Crippen molar-refractivity contribution < 1.29 is 9.53 Å². The number of carbonyl (C=O) groups is 1. The Morgan fingerprint density at radius 1 is 1.41 bits per heavy atom.